The van der Waals surface area contributed by atoms with Crippen molar-refractivity contribution in [2.24, 2.45) is 0 Å². The van der Waals surface area contributed by atoms with E-state index in [1.165, 1.54) is 0 Å². The molecule has 2 rings (SSSR count). The van der Waals surface area contributed by atoms with Crippen molar-refractivity contribution in [3.8, 4) is 0 Å². The maximum absolute atomic E-state index is 12.3. The van der Waals surface area contributed by atoms with Crippen molar-refractivity contribution < 1.29 is 90.5 Å². The van der Waals surface area contributed by atoms with Crippen molar-refractivity contribution in [2.75, 3.05) is 13.2 Å². The minimum absolute atomic E-state index is 0.590. The van der Waals surface area contributed by atoms with Crippen molar-refractivity contribution in [1.82, 2.24) is 0 Å². The van der Waals surface area contributed by atoms with Crippen LogP contribution in [0.3, 0.4) is 0 Å². The van der Waals surface area contributed by atoms with Gasteiger partial charge < -0.3 is 52.1 Å². The molecule has 2 saturated heterocycles. The van der Waals surface area contributed by atoms with Gasteiger partial charge in [-0.2, -0.15) is 0 Å². The molecule has 2 heterocycles. The van der Waals surface area contributed by atoms with Gasteiger partial charge in [0.05, 0.1) is 0 Å². The quantitative estimate of drug-likeness (QED) is 0.181. The van der Waals surface area contributed by atoms with Crippen LogP contribution in [-0.4, -0.2) is 122 Å². The predicted octanol–water partition coefficient (Wildman–Crippen LogP) is -0.831. The average Bonchev–Trinajstić information content (AvgIpc) is 2.91. The number of carbonyl (C=O) groups is 8. The maximum Gasteiger partial charge on any atom is 0.305 e. The fourth-order valence-electron chi connectivity index (χ4n) is 4.73. The SMILES string of the molecule is CC(=O)OCC1O[C@H](O[C@@H]2C(COC(C)=O)O[C@@H](OC(C)=O)C(OC(C)=O)[C@@H]2OC(C)=O)C(OC(C)=O)[C@@H](OC(C)=O)[C@@H]1OC(C)=O. The Morgan fingerprint density at radius 1 is 0.383 bits per heavy atom. The van der Waals surface area contributed by atoms with E-state index in [0.29, 0.717) is 0 Å². The van der Waals surface area contributed by atoms with E-state index in [4.69, 9.17) is 52.1 Å². The zero-order valence-electron chi connectivity index (χ0n) is 26.9. The lowest BCUT2D eigenvalue weighted by Gasteiger charge is -2.48. The van der Waals surface area contributed by atoms with Gasteiger partial charge in [0, 0.05) is 55.4 Å². The number of rotatable bonds is 12. The molecule has 0 aliphatic carbocycles. The van der Waals surface area contributed by atoms with Gasteiger partial charge in [-0.3, -0.25) is 38.4 Å². The number of hydrogen-bond acceptors (Lipinski definition) is 19. The first kappa shape index (κ1) is 38.8. The molecule has 0 radical (unpaired) electrons. The molecule has 0 N–H and O–H groups in total. The van der Waals surface area contributed by atoms with E-state index in [9.17, 15) is 38.4 Å². The minimum Gasteiger partial charge on any atom is -0.463 e. The van der Waals surface area contributed by atoms with Gasteiger partial charge in [0.25, 0.3) is 0 Å². The molecule has 0 saturated carbocycles. The normalized spacial score (nSPS) is 30.0. The zero-order valence-corrected chi connectivity index (χ0v) is 26.9. The number of carbonyl (C=O) groups excluding carboxylic acids is 8. The summed E-state index contributed by atoms with van der Waals surface area (Å²) in [6.07, 6.45) is -16.3. The second kappa shape index (κ2) is 17.5. The third-order valence-electron chi connectivity index (χ3n) is 6.17. The Kier molecular flexibility index (Phi) is 14.5. The highest BCUT2D eigenvalue weighted by atomic mass is 16.8. The lowest BCUT2D eigenvalue weighted by Crippen LogP contribution is -2.67. The second-order valence-corrected chi connectivity index (χ2v) is 10.3. The standard InChI is InChI=1S/C28H38O19/c1-11(29)37-9-19-21(39-13(3)31)23(40-14(4)32)26(43-17(7)35)28(46-19)47-22-20(10-38-12(2)30)45-27(44-18(8)36)25(42-16(6)34)24(22)41-15(5)33/h19-28H,9-10H2,1-8H3/t19?,20?,21-,22-,23+,24-,25?,26?,27-,28-/m1/s1. The van der Waals surface area contributed by atoms with E-state index >= 15 is 0 Å². The maximum atomic E-state index is 12.3. The molecule has 0 aromatic rings. The molecule has 0 aromatic carbocycles. The summed E-state index contributed by atoms with van der Waals surface area (Å²) in [7, 11) is 0. The summed E-state index contributed by atoms with van der Waals surface area (Å²) in [6.45, 7) is 7.05. The Bertz CT molecular complexity index is 1200. The lowest BCUT2D eigenvalue weighted by molar-refractivity contribution is -0.357. The summed E-state index contributed by atoms with van der Waals surface area (Å²) in [5.41, 5.74) is 0. The molecule has 0 spiro atoms. The van der Waals surface area contributed by atoms with E-state index in [2.05, 4.69) is 0 Å². The number of hydrogen-bond donors (Lipinski definition) is 0. The van der Waals surface area contributed by atoms with Crippen molar-refractivity contribution in [2.45, 2.75) is 117 Å². The average molecular weight is 679 g/mol. The van der Waals surface area contributed by atoms with Crippen LogP contribution in [0.25, 0.3) is 0 Å². The summed E-state index contributed by atoms with van der Waals surface area (Å²) < 4.78 is 60.2. The van der Waals surface area contributed by atoms with E-state index in [1.54, 1.807) is 0 Å². The van der Waals surface area contributed by atoms with Crippen LogP contribution < -0.4 is 0 Å². The Balaban J connectivity index is 2.73. The van der Waals surface area contributed by atoms with Gasteiger partial charge in [0.1, 0.15) is 31.5 Å². The molecule has 0 amide bonds. The first-order valence-corrected chi connectivity index (χ1v) is 14.2. The second-order valence-electron chi connectivity index (χ2n) is 10.3. The molecule has 2 aliphatic heterocycles. The number of ether oxygens (including phenoxy) is 11. The molecule has 19 heteroatoms. The van der Waals surface area contributed by atoms with Gasteiger partial charge in [-0.25, -0.2) is 0 Å². The predicted molar refractivity (Wildman–Crippen MR) is 145 cm³/mol. The lowest BCUT2D eigenvalue weighted by atomic mass is 9.96. The van der Waals surface area contributed by atoms with Crippen molar-refractivity contribution >= 4 is 47.8 Å². The van der Waals surface area contributed by atoms with Gasteiger partial charge in [-0.15, -0.1) is 0 Å². The third-order valence-corrected chi connectivity index (χ3v) is 6.17. The molecule has 2 aliphatic rings. The summed E-state index contributed by atoms with van der Waals surface area (Å²) >= 11 is 0. The topological polar surface area (TPSA) is 238 Å². The highest BCUT2D eigenvalue weighted by Gasteiger charge is 2.58. The monoisotopic (exact) mass is 678 g/mol. The third kappa shape index (κ3) is 12.1. The Morgan fingerprint density at radius 3 is 1.11 bits per heavy atom. The molecule has 19 nitrogen and oxygen atoms in total. The van der Waals surface area contributed by atoms with E-state index < -0.39 is 122 Å². The Morgan fingerprint density at radius 2 is 0.702 bits per heavy atom. The Labute approximate surface area is 268 Å². The molecule has 0 aromatic heterocycles. The van der Waals surface area contributed by atoms with Crippen LogP contribution in [0.15, 0.2) is 0 Å². The largest absolute Gasteiger partial charge is 0.463 e. The van der Waals surface area contributed by atoms with Gasteiger partial charge in [-0.1, -0.05) is 0 Å². The van der Waals surface area contributed by atoms with Crippen LogP contribution in [0.2, 0.25) is 0 Å². The molecular weight excluding hydrogens is 640 g/mol. The van der Waals surface area contributed by atoms with Crippen LogP contribution in [0.4, 0.5) is 0 Å². The van der Waals surface area contributed by atoms with Crippen molar-refractivity contribution in [3.05, 3.63) is 0 Å². The summed E-state index contributed by atoms with van der Waals surface area (Å²) in [5.74, 6) is -7.02. The molecule has 4 unspecified atom stereocenters. The fraction of sp³-hybridized carbons (Fsp3) is 0.714. The minimum atomic E-state index is -1.83. The van der Waals surface area contributed by atoms with E-state index in [1.807, 2.05) is 0 Å². The van der Waals surface area contributed by atoms with Crippen molar-refractivity contribution in [1.29, 1.82) is 0 Å². The van der Waals surface area contributed by atoms with Gasteiger partial charge in [0.2, 0.25) is 12.4 Å². The van der Waals surface area contributed by atoms with Crippen LogP contribution >= 0.6 is 0 Å². The first-order chi connectivity index (χ1) is 21.9. The molecule has 264 valence electrons. The summed E-state index contributed by atoms with van der Waals surface area (Å²) in [5, 5.41) is 0. The Hall–Kier alpha value is -4.36. The van der Waals surface area contributed by atoms with Crippen molar-refractivity contribution in [3.63, 3.8) is 0 Å². The molecule has 10 atom stereocenters. The summed E-state index contributed by atoms with van der Waals surface area (Å²) in [4.78, 5) is 96.3. The zero-order chi connectivity index (χ0) is 35.6. The van der Waals surface area contributed by atoms with Crippen LogP contribution in [0.5, 0.6) is 0 Å². The number of esters is 8. The molecule has 0 bridgehead atoms. The van der Waals surface area contributed by atoms with Gasteiger partial charge in [0.15, 0.2) is 30.7 Å². The summed E-state index contributed by atoms with van der Waals surface area (Å²) in [6, 6.07) is 0. The molecule has 47 heavy (non-hydrogen) atoms. The van der Waals surface area contributed by atoms with Crippen LogP contribution in [-0.2, 0) is 90.5 Å². The fourth-order valence-corrected chi connectivity index (χ4v) is 4.73. The smallest absolute Gasteiger partial charge is 0.305 e. The first-order valence-electron chi connectivity index (χ1n) is 14.2. The highest BCUT2D eigenvalue weighted by molar-refractivity contribution is 5.70. The molecular formula is C28H38O19. The van der Waals surface area contributed by atoms with Gasteiger partial charge >= 0.3 is 47.8 Å². The van der Waals surface area contributed by atoms with Crippen LogP contribution in [0, 0.1) is 0 Å². The van der Waals surface area contributed by atoms with E-state index in [-0.39, 0.29) is 0 Å². The highest BCUT2D eigenvalue weighted by Crippen LogP contribution is 2.35. The van der Waals surface area contributed by atoms with Crippen LogP contribution in [0.1, 0.15) is 55.4 Å². The van der Waals surface area contributed by atoms with E-state index in [0.717, 1.165) is 55.4 Å². The molecule has 2 fully saturated rings. The van der Waals surface area contributed by atoms with Gasteiger partial charge in [-0.05, 0) is 0 Å².